The van der Waals surface area contributed by atoms with Gasteiger partial charge in [0.05, 0.1) is 4.92 Å². The van der Waals surface area contributed by atoms with Crippen molar-refractivity contribution in [3.8, 4) is 0 Å². The third-order valence-electron chi connectivity index (χ3n) is 6.57. The van der Waals surface area contributed by atoms with Crippen LogP contribution in [-0.4, -0.2) is 10.8 Å². The van der Waals surface area contributed by atoms with Gasteiger partial charge in [-0.25, -0.2) is 4.79 Å². The quantitative estimate of drug-likeness (QED) is 0.143. The van der Waals surface area contributed by atoms with E-state index < -0.39 is 28.2 Å². The van der Waals surface area contributed by atoms with Crippen molar-refractivity contribution in [2.75, 3.05) is 10.2 Å². The van der Waals surface area contributed by atoms with Crippen molar-refractivity contribution in [2.45, 2.75) is 19.9 Å². The van der Waals surface area contributed by atoms with Crippen molar-refractivity contribution in [3.05, 3.63) is 140 Å². The number of aryl methyl sites for hydroxylation is 2. The molecule has 0 saturated carbocycles. The Kier molecular flexibility index (Phi) is 6.93. The molecule has 1 unspecified atom stereocenters. The molecular formula is C31H25N3O5. The fourth-order valence-corrected chi connectivity index (χ4v) is 4.78. The molecule has 0 fully saturated rings. The van der Waals surface area contributed by atoms with E-state index in [1.807, 2.05) is 44.2 Å². The topological polar surface area (TPSA) is 106 Å². The summed E-state index contributed by atoms with van der Waals surface area (Å²) in [4.78, 5) is 40.4. The van der Waals surface area contributed by atoms with Gasteiger partial charge in [-0.2, -0.15) is 0 Å². The van der Waals surface area contributed by atoms with Crippen LogP contribution in [0.15, 0.2) is 112 Å². The van der Waals surface area contributed by atoms with Gasteiger partial charge >= 0.3 is 11.3 Å². The van der Waals surface area contributed by atoms with Gasteiger partial charge in [0.1, 0.15) is 17.3 Å². The molecule has 0 aliphatic rings. The monoisotopic (exact) mass is 519 g/mol. The molecule has 0 aliphatic carbocycles. The normalized spacial score (nSPS) is 11.6. The maximum absolute atomic E-state index is 14.3. The second-order valence-electron chi connectivity index (χ2n) is 9.11. The SMILES string of the molecule is Cc1cccc(C)c1NC(=O)C(c1ccccc1)N(c1ccccc1)c1c([N+](=O)[O-])c(=O)oc2ccccc12. The van der Waals surface area contributed by atoms with Gasteiger partial charge in [-0.05, 0) is 54.8 Å². The lowest BCUT2D eigenvalue weighted by Crippen LogP contribution is -2.36. The molecule has 1 amide bonds. The number of carbonyl (C=O) groups excluding carboxylic acids is 1. The van der Waals surface area contributed by atoms with E-state index >= 15 is 0 Å². The molecule has 8 nitrogen and oxygen atoms in total. The molecule has 0 saturated heterocycles. The van der Waals surface area contributed by atoms with Crippen molar-refractivity contribution in [2.24, 2.45) is 0 Å². The number of amides is 1. The Hall–Kier alpha value is -5.24. The molecule has 194 valence electrons. The maximum atomic E-state index is 14.3. The number of rotatable bonds is 7. The molecule has 1 atom stereocenters. The molecule has 39 heavy (non-hydrogen) atoms. The summed E-state index contributed by atoms with van der Waals surface area (Å²) in [6, 6.07) is 29.0. The second-order valence-corrected chi connectivity index (χ2v) is 9.11. The highest BCUT2D eigenvalue weighted by Gasteiger charge is 2.37. The lowest BCUT2D eigenvalue weighted by molar-refractivity contribution is -0.386. The van der Waals surface area contributed by atoms with Crippen molar-refractivity contribution < 1.29 is 14.1 Å². The summed E-state index contributed by atoms with van der Waals surface area (Å²) in [6.07, 6.45) is 0. The minimum Gasteiger partial charge on any atom is -0.418 e. The van der Waals surface area contributed by atoms with E-state index in [9.17, 15) is 19.7 Å². The fourth-order valence-electron chi connectivity index (χ4n) is 4.78. The molecule has 0 spiro atoms. The van der Waals surface area contributed by atoms with Gasteiger partial charge in [0.2, 0.25) is 0 Å². The number of nitrogens with zero attached hydrogens (tertiary/aromatic N) is 2. The van der Waals surface area contributed by atoms with E-state index in [1.165, 1.54) is 0 Å². The first-order valence-corrected chi connectivity index (χ1v) is 12.3. The summed E-state index contributed by atoms with van der Waals surface area (Å²) in [5, 5.41) is 15.7. The van der Waals surface area contributed by atoms with Gasteiger partial charge in [0.25, 0.3) is 5.91 Å². The van der Waals surface area contributed by atoms with Crippen molar-refractivity contribution in [1.29, 1.82) is 0 Å². The predicted molar refractivity (Wildman–Crippen MR) is 151 cm³/mol. The lowest BCUT2D eigenvalue weighted by atomic mass is 10.00. The number of nitro groups is 1. The highest BCUT2D eigenvalue weighted by Crippen LogP contribution is 2.43. The number of benzene rings is 4. The molecular weight excluding hydrogens is 494 g/mol. The molecule has 1 heterocycles. The first-order valence-electron chi connectivity index (χ1n) is 12.3. The Morgan fingerprint density at radius 2 is 1.44 bits per heavy atom. The molecule has 0 radical (unpaired) electrons. The Morgan fingerprint density at radius 3 is 2.08 bits per heavy atom. The predicted octanol–water partition coefficient (Wildman–Crippen LogP) is 6.84. The first-order chi connectivity index (χ1) is 18.9. The molecule has 8 heteroatoms. The lowest BCUT2D eigenvalue weighted by Gasteiger charge is -2.33. The van der Waals surface area contributed by atoms with Crippen LogP contribution in [0.2, 0.25) is 0 Å². The summed E-state index contributed by atoms with van der Waals surface area (Å²) < 4.78 is 5.33. The van der Waals surface area contributed by atoms with Crippen LogP contribution in [0.4, 0.5) is 22.7 Å². The number of carbonyl (C=O) groups is 1. The average molecular weight is 520 g/mol. The van der Waals surface area contributed by atoms with Gasteiger partial charge in [-0.3, -0.25) is 14.9 Å². The number of hydrogen-bond acceptors (Lipinski definition) is 6. The van der Waals surface area contributed by atoms with Crippen LogP contribution in [0.5, 0.6) is 0 Å². The minimum absolute atomic E-state index is 0.0245. The van der Waals surface area contributed by atoms with Crippen molar-refractivity contribution in [1.82, 2.24) is 0 Å². The standard InChI is InChI=1S/C31H25N3O5/c1-20-12-11-13-21(2)26(20)32-30(35)27(22-14-5-3-6-15-22)33(23-16-7-4-8-17-23)28-24-18-9-10-19-25(24)39-31(36)29(28)34(37)38/h3-19,27H,1-2H3,(H,32,35). The van der Waals surface area contributed by atoms with Crippen LogP contribution >= 0.6 is 0 Å². The smallest absolute Gasteiger partial charge is 0.417 e. The number of para-hydroxylation sites is 3. The van der Waals surface area contributed by atoms with E-state index in [4.69, 9.17) is 4.42 Å². The van der Waals surface area contributed by atoms with Crippen LogP contribution in [0.1, 0.15) is 22.7 Å². The van der Waals surface area contributed by atoms with Gasteiger partial charge in [-0.1, -0.05) is 78.9 Å². The number of fused-ring (bicyclic) bond motifs is 1. The summed E-state index contributed by atoms with van der Waals surface area (Å²) in [5.41, 5.74) is 1.77. The fraction of sp³-hybridized carbons (Fsp3) is 0.0968. The molecule has 5 aromatic rings. The van der Waals surface area contributed by atoms with Crippen LogP contribution in [-0.2, 0) is 4.79 Å². The van der Waals surface area contributed by atoms with E-state index in [-0.39, 0.29) is 11.3 Å². The van der Waals surface area contributed by atoms with Gasteiger partial charge in [-0.15, -0.1) is 0 Å². The van der Waals surface area contributed by atoms with Gasteiger partial charge in [0, 0.05) is 16.8 Å². The minimum atomic E-state index is -1.10. The summed E-state index contributed by atoms with van der Waals surface area (Å²) in [5.74, 6) is -0.422. The number of nitrogens with one attached hydrogen (secondary N) is 1. The van der Waals surface area contributed by atoms with Crippen molar-refractivity contribution >= 4 is 39.6 Å². The molecule has 0 aliphatic heterocycles. The molecule has 1 aromatic heterocycles. The zero-order valence-corrected chi connectivity index (χ0v) is 21.3. The summed E-state index contributed by atoms with van der Waals surface area (Å²) in [6.45, 7) is 3.80. The van der Waals surface area contributed by atoms with E-state index in [0.717, 1.165) is 11.1 Å². The average Bonchev–Trinajstić information content (AvgIpc) is 2.94. The van der Waals surface area contributed by atoms with Crippen LogP contribution in [0, 0.1) is 24.0 Å². The van der Waals surface area contributed by atoms with E-state index in [0.29, 0.717) is 22.3 Å². The third-order valence-corrected chi connectivity index (χ3v) is 6.57. The van der Waals surface area contributed by atoms with Crippen LogP contribution < -0.4 is 15.8 Å². The van der Waals surface area contributed by atoms with Crippen LogP contribution in [0.3, 0.4) is 0 Å². The highest BCUT2D eigenvalue weighted by molar-refractivity contribution is 6.04. The molecule has 1 N–H and O–H groups in total. The number of hydrogen-bond donors (Lipinski definition) is 1. The van der Waals surface area contributed by atoms with Gasteiger partial charge < -0.3 is 14.6 Å². The third kappa shape index (κ3) is 4.87. The molecule has 0 bridgehead atoms. The maximum Gasteiger partial charge on any atom is 0.417 e. The summed E-state index contributed by atoms with van der Waals surface area (Å²) in [7, 11) is 0. The van der Waals surface area contributed by atoms with Gasteiger partial charge in [0.15, 0.2) is 0 Å². The Bertz CT molecular complexity index is 1710. The van der Waals surface area contributed by atoms with E-state index in [2.05, 4.69) is 5.32 Å². The second kappa shape index (κ2) is 10.6. The zero-order chi connectivity index (χ0) is 27.5. The number of anilines is 3. The van der Waals surface area contributed by atoms with Crippen molar-refractivity contribution in [3.63, 3.8) is 0 Å². The Labute approximate surface area is 224 Å². The highest BCUT2D eigenvalue weighted by atomic mass is 16.6. The van der Waals surface area contributed by atoms with E-state index in [1.54, 1.807) is 77.7 Å². The van der Waals surface area contributed by atoms with Crippen LogP contribution in [0.25, 0.3) is 11.0 Å². The zero-order valence-electron chi connectivity index (χ0n) is 21.3. The summed E-state index contributed by atoms with van der Waals surface area (Å²) >= 11 is 0. The first kappa shape index (κ1) is 25.4. The largest absolute Gasteiger partial charge is 0.418 e. The molecule has 5 rings (SSSR count). The molecule has 4 aromatic carbocycles. The Balaban J connectivity index is 1.84. The Morgan fingerprint density at radius 1 is 0.846 bits per heavy atom.